The van der Waals surface area contributed by atoms with Gasteiger partial charge in [-0.3, -0.25) is 14.6 Å². The fraction of sp³-hybridized carbons (Fsp3) is 0.371. The molecule has 0 spiro atoms. The number of carbonyl (C=O) groups excluding carboxylic acids is 2. The SMILES string of the molecule is Cc1csc(CN(C)C(=O)c2cc(C(=O)N[C@H](CCNCc3cncc(C(C)C)c3)Cc3ccccc3)cc(N(C)C)c2)n1. The standard InChI is InChI=1S/C35H44N6O2S/c1-24(2)30-14-27(20-37-21-30)19-36-13-12-31(15-26-10-8-7-9-11-26)39-34(42)28-16-29(18-32(17-28)40(4)5)35(43)41(6)22-33-38-25(3)23-44-33/h7-11,14,16-18,20-21,23-24,31,36H,12-13,15,19,22H2,1-6H3,(H,39,42)/t31-/m1/s1. The van der Waals surface area contributed by atoms with E-state index >= 15 is 0 Å². The lowest BCUT2D eigenvalue weighted by Crippen LogP contribution is -2.38. The Morgan fingerprint density at radius 3 is 2.39 bits per heavy atom. The topological polar surface area (TPSA) is 90.5 Å². The Labute approximate surface area is 265 Å². The summed E-state index contributed by atoms with van der Waals surface area (Å²) in [4.78, 5) is 39.6. The number of nitrogens with zero attached hydrogens (tertiary/aromatic N) is 4. The number of carbonyl (C=O) groups is 2. The molecular formula is C35H44N6O2S. The number of amides is 2. The van der Waals surface area contributed by atoms with Crippen LogP contribution in [0.3, 0.4) is 0 Å². The molecule has 4 rings (SSSR count). The third-order valence-electron chi connectivity index (χ3n) is 7.47. The van der Waals surface area contributed by atoms with Gasteiger partial charge < -0.3 is 20.4 Å². The van der Waals surface area contributed by atoms with E-state index in [-0.39, 0.29) is 17.9 Å². The molecule has 9 heteroatoms. The summed E-state index contributed by atoms with van der Waals surface area (Å²) in [6.07, 6.45) is 5.26. The van der Waals surface area contributed by atoms with Crippen molar-refractivity contribution >= 4 is 28.8 Å². The van der Waals surface area contributed by atoms with Gasteiger partial charge in [-0.05, 0) is 67.1 Å². The van der Waals surface area contributed by atoms with Crippen LogP contribution >= 0.6 is 11.3 Å². The fourth-order valence-electron chi connectivity index (χ4n) is 4.92. The normalized spacial score (nSPS) is 11.8. The van der Waals surface area contributed by atoms with Crippen LogP contribution in [0.4, 0.5) is 5.69 Å². The van der Waals surface area contributed by atoms with Crippen molar-refractivity contribution in [2.45, 2.75) is 58.7 Å². The number of aryl methyl sites for hydroxylation is 1. The molecule has 0 aliphatic rings. The Bertz CT molecular complexity index is 1540. The van der Waals surface area contributed by atoms with Gasteiger partial charge in [0.2, 0.25) is 0 Å². The zero-order valence-electron chi connectivity index (χ0n) is 26.6. The van der Waals surface area contributed by atoms with E-state index in [9.17, 15) is 9.59 Å². The smallest absolute Gasteiger partial charge is 0.254 e. The largest absolute Gasteiger partial charge is 0.378 e. The number of benzene rings is 2. The van der Waals surface area contributed by atoms with E-state index in [2.05, 4.69) is 52.6 Å². The first-order chi connectivity index (χ1) is 21.1. The van der Waals surface area contributed by atoms with Crippen LogP contribution in [-0.4, -0.2) is 60.4 Å². The lowest BCUT2D eigenvalue weighted by Gasteiger charge is -2.22. The number of anilines is 1. The second-order valence-electron chi connectivity index (χ2n) is 11.8. The van der Waals surface area contributed by atoms with Crippen molar-refractivity contribution < 1.29 is 9.59 Å². The summed E-state index contributed by atoms with van der Waals surface area (Å²) >= 11 is 1.54. The molecule has 0 saturated heterocycles. The van der Waals surface area contributed by atoms with Gasteiger partial charge in [0.1, 0.15) is 5.01 Å². The second-order valence-corrected chi connectivity index (χ2v) is 12.8. The highest BCUT2D eigenvalue weighted by Gasteiger charge is 2.20. The van der Waals surface area contributed by atoms with E-state index in [4.69, 9.17) is 0 Å². The summed E-state index contributed by atoms with van der Waals surface area (Å²) in [7, 11) is 5.58. The fourth-order valence-corrected chi connectivity index (χ4v) is 5.74. The van der Waals surface area contributed by atoms with Crippen molar-refractivity contribution in [1.82, 2.24) is 25.5 Å². The number of aromatic nitrogens is 2. The van der Waals surface area contributed by atoms with E-state index in [1.54, 1.807) is 18.0 Å². The van der Waals surface area contributed by atoms with Gasteiger partial charge in [-0.15, -0.1) is 11.3 Å². The summed E-state index contributed by atoms with van der Waals surface area (Å²) in [6, 6.07) is 17.6. The average molecular weight is 613 g/mol. The zero-order chi connectivity index (χ0) is 31.6. The molecule has 44 heavy (non-hydrogen) atoms. The molecular weight excluding hydrogens is 568 g/mol. The molecule has 0 aliphatic carbocycles. The van der Waals surface area contributed by atoms with Crippen molar-refractivity contribution in [3.05, 3.63) is 111 Å². The summed E-state index contributed by atoms with van der Waals surface area (Å²) in [5.74, 6) is 0.0739. The lowest BCUT2D eigenvalue weighted by atomic mass is 10.0. The maximum atomic E-state index is 13.7. The molecule has 0 aliphatic heterocycles. The Balaban J connectivity index is 1.47. The molecule has 2 heterocycles. The molecule has 2 aromatic heterocycles. The number of nitrogens with one attached hydrogen (secondary N) is 2. The highest BCUT2D eigenvalue weighted by Crippen LogP contribution is 2.21. The molecule has 0 fully saturated rings. The molecule has 1 atom stereocenters. The van der Waals surface area contributed by atoms with Crippen molar-refractivity contribution in [1.29, 1.82) is 0 Å². The van der Waals surface area contributed by atoms with E-state index in [1.807, 2.05) is 74.0 Å². The zero-order valence-corrected chi connectivity index (χ0v) is 27.4. The Morgan fingerprint density at radius 1 is 0.955 bits per heavy atom. The number of hydrogen-bond acceptors (Lipinski definition) is 7. The Kier molecular flexibility index (Phi) is 11.6. The van der Waals surface area contributed by atoms with Crippen LogP contribution in [0.15, 0.2) is 72.4 Å². The van der Waals surface area contributed by atoms with Crippen LogP contribution in [0.1, 0.15) is 74.3 Å². The number of hydrogen-bond donors (Lipinski definition) is 2. The Hall–Kier alpha value is -4.08. The quantitative estimate of drug-likeness (QED) is 0.174. The summed E-state index contributed by atoms with van der Waals surface area (Å²) < 4.78 is 0. The van der Waals surface area contributed by atoms with Gasteiger partial charge in [-0.1, -0.05) is 50.2 Å². The molecule has 4 aromatic rings. The van der Waals surface area contributed by atoms with Crippen molar-refractivity contribution in [2.24, 2.45) is 0 Å². The highest BCUT2D eigenvalue weighted by atomic mass is 32.1. The summed E-state index contributed by atoms with van der Waals surface area (Å²) in [6.45, 7) is 8.13. The van der Waals surface area contributed by atoms with Crippen LogP contribution in [0.5, 0.6) is 0 Å². The molecule has 8 nitrogen and oxygen atoms in total. The maximum absolute atomic E-state index is 13.7. The number of thiazole rings is 1. The van der Waals surface area contributed by atoms with Crippen molar-refractivity contribution in [3.8, 4) is 0 Å². The minimum atomic E-state index is -0.198. The van der Waals surface area contributed by atoms with Crippen LogP contribution < -0.4 is 15.5 Å². The van der Waals surface area contributed by atoms with Gasteiger partial charge >= 0.3 is 0 Å². The van der Waals surface area contributed by atoms with Gasteiger partial charge in [0.15, 0.2) is 0 Å². The van der Waals surface area contributed by atoms with Crippen LogP contribution in [-0.2, 0) is 19.5 Å². The third-order valence-corrected chi connectivity index (χ3v) is 8.42. The third kappa shape index (κ3) is 9.46. The molecule has 2 amide bonds. The molecule has 0 bridgehead atoms. The minimum Gasteiger partial charge on any atom is -0.378 e. The molecule has 232 valence electrons. The first-order valence-electron chi connectivity index (χ1n) is 15.1. The Morgan fingerprint density at radius 2 is 1.70 bits per heavy atom. The molecule has 2 aromatic carbocycles. The predicted molar refractivity (Wildman–Crippen MR) is 179 cm³/mol. The first-order valence-corrected chi connectivity index (χ1v) is 15.9. The molecule has 0 saturated carbocycles. The summed E-state index contributed by atoms with van der Waals surface area (Å²) in [5, 5.41) is 9.65. The molecule has 2 N–H and O–H groups in total. The van der Waals surface area contributed by atoms with Gasteiger partial charge in [0.25, 0.3) is 11.8 Å². The second kappa shape index (κ2) is 15.6. The first kappa shape index (κ1) is 32.8. The van der Waals surface area contributed by atoms with E-state index in [0.29, 0.717) is 36.6 Å². The van der Waals surface area contributed by atoms with Gasteiger partial charge in [0.05, 0.1) is 6.54 Å². The minimum absolute atomic E-state index is 0.101. The van der Waals surface area contributed by atoms with E-state index in [1.165, 1.54) is 16.9 Å². The van der Waals surface area contributed by atoms with Crippen molar-refractivity contribution in [3.63, 3.8) is 0 Å². The number of rotatable bonds is 14. The van der Waals surface area contributed by atoms with Gasteiger partial charge in [-0.25, -0.2) is 4.98 Å². The van der Waals surface area contributed by atoms with E-state index < -0.39 is 0 Å². The van der Waals surface area contributed by atoms with Crippen LogP contribution in [0.2, 0.25) is 0 Å². The monoisotopic (exact) mass is 612 g/mol. The summed E-state index contributed by atoms with van der Waals surface area (Å²) in [5.41, 5.74) is 6.18. The van der Waals surface area contributed by atoms with Gasteiger partial charge in [-0.2, -0.15) is 0 Å². The van der Waals surface area contributed by atoms with Gasteiger partial charge in [0, 0.05) is 74.0 Å². The van der Waals surface area contributed by atoms with E-state index in [0.717, 1.165) is 40.5 Å². The van der Waals surface area contributed by atoms with Crippen molar-refractivity contribution in [2.75, 3.05) is 32.6 Å². The molecule has 0 unspecified atom stereocenters. The lowest BCUT2D eigenvalue weighted by molar-refractivity contribution is 0.0785. The maximum Gasteiger partial charge on any atom is 0.254 e. The van der Waals surface area contributed by atoms with Crippen LogP contribution in [0, 0.1) is 6.92 Å². The number of pyridine rings is 1. The average Bonchev–Trinajstić information content (AvgIpc) is 3.43. The predicted octanol–water partition coefficient (Wildman–Crippen LogP) is 5.83. The highest BCUT2D eigenvalue weighted by molar-refractivity contribution is 7.09. The van der Waals surface area contributed by atoms with Crippen LogP contribution in [0.25, 0.3) is 0 Å². The molecule has 0 radical (unpaired) electrons.